The van der Waals surface area contributed by atoms with Crippen LogP contribution in [0.1, 0.15) is 37.4 Å². The van der Waals surface area contributed by atoms with Crippen LogP contribution in [0.5, 0.6) is 0 Å². The molecule has 0 amide bonds. The second-order valence-electron chi connectivity index (χ2n) is 6.32. The fraction of sp³-hybridized carbons (Fsp3) is 0.571. The summed E-state index contributed by atoms with van der Waals surface area (Å²) < 4.78 is 4.05. The van der Waals surface area contributed by atoms with Gasteiger partial charge in [-0.15, -0.1) is 10.2 Å². The molecule has 3 unspecified atom stereocenters. The Morgan fingerprint density at radius 1 is 1.30 bits per heavy atom. The zero-order valence-corrected chi connectivity index (χ0v) is 14.1. The van der Waals surface area contributed by atoms with Gasteiger partial charge in [-0.1, -0.05) is 34.0 Å². The SMILES string of the molecule is BrCc1cn(C2=NNC3C4CCCCC4n4cncc4N23)nn1. The van der Waals surface area contributed by atoms with E-state index >= 15 is 0 Å². The Labute approximate surface area is 141 Å². The van der Waals surface area contributed by atoms with Crippen LogP contribution < -0.4 is 10.3 Å². The Balaban J connectivity index is 1.58. The first-order valence-electron chi connectivity index (χ1n) is 7.98. The molecule has 0 bridgehead atoms. The van der Waals surface area contributed by atoms with Crippen molar-refractivity contribution in [1.82, 2.24) is 30.0 Å². The van der Waals surface area contributed by atoms with Gasteiger partial charge >= 0.3 is 0 Å². The first-order chi connectivity index (χ1) is 11.4. The molecule has 2 aliphatic heterocycles. The second-order valence-corrected chi connectivity index (χ2v) is 6.88. The number of imidazole rings is 1. The van der Waals surface area contributed by atoms with Crippen LogP contribution in [-0.2, 0) is 5.33 Å². The largest absolute Gasteiger partial charge is 0.314 e. The third-order valence-electron chi connectivity index (χ3n) is 5.11. The predicted molar refractivity (Wildman–Crippen MR) is 88.1 cm³/mol. The summed E-state index contributed by atoms with van der Waals surface area (Å²) >= 11 is 3.41. The third kappa shape index (κ3) is 1.89. The summed E-state index contributed by atoms with van der Waals surface area (Å²) in [6, 6.07) is 0.512. The summed E-state index contributed by atoms with van der Waals surface area (Å²) in [4.78, 5) is 6.60. The van der Waals surface area contributed by atoms with Crippen molar-refractivity contribution >= 4 is 27.7 Å². The molecule has 2 aromatic heterocycles. The molecule has 1 saturated carbocycles. The number of nitrogens with one attached hydrogen (secondary N) is 1. The number of alkyl halides is 1. The molecule has 2 aromatic rings. The molecule has 8 nitrogen and oxygen atoms in total. The molecular weight excluding hydrogens is 360 g/mol. The van der Waals surface area contributed by atoms with Crippen LogP contribution in [0.3, 0.4) is 0 Å². The maximum atomic E-state index is 4.56. The fourth-order valence-corrected chi connectivity index (χ4v) is 4.36. The van der Waals surface area contributed by atoms with E-state index in [4.69, 9.17) is 0 Å². The van der Waals surface area contributed by atoms with Crippen molar-refractivity contribution < 1.29 is 0 Å². The van der Waals surface area contributed by atoms with Crippen LogP contribution in [0.15, 0.2) is 23.8 Å². The molecule has 0 spiro atoms. The number of hydrogen-bond acceptors (Lipinski definition) is 6. The summed E-state index contributed by atoms with van der Waals surface area (Å²) in [6.45, 7) is 0. The number of anilines is 1. The Morgan fingerprint density at radius 3 is 3.09 bits per heavy atom. The highest BCUT2D eigenvalue weighted by Crippen LogP contribution is 2.44. The first kappa shape index (κ1) is 13.5. The third-order valence-corrected chi connectivity index (χ3v) is 5.68. The molecule has 1 fully saturated rings. The molecule has 4 heterocycles. The Bertz CT molecular complexity index is 764. The first-order valence-corrected chi connectivity index (χ1v) is 9.11. The van der Waals surface area contributed by atoms with E-state index in [0.717, 1.165) is 17.5 Å². The van der Waals surface area contributed by atoms with Crippen molar-refractivity contribution in [2.45, 2.75) is 43.2 Å². The van der Waals surface area contributed by atoms with Gasteiger partial charge in [0.15, 0.2) is 0 Å². The Kier molecular flexibility index (Phi) is 2.97. The highest BCUT2D eigenvalue weighted by Gasteiger charge is 2.47. The van der Waals surface area contributed by atoms with E-state index < -0.39 is 0 Å². The normalized spacial score (nSPS) is 28.7. The van der Waals surface area contributed by atoms with Gasteiger partial charge in [-0.2, -0.15) is 4.68 Å². The predicted octanol–water partition coefficient (Wildman–Crippen LogP) is 1.67. The minimum absolute atomic E-state index is 0.177. The van der Waals surface area contributed by atoms with E-state index in [9.17, 15) is 0 Å². The molecule has 23 heavy (non-hydrogen) atoms. The van der Waals surface area contributed by atoms with Crippen LogP contribution >= 0.6 is 15.9 Å². The number of fused-ring (bicyclic) bond motifs is 6. The lowest BCUT2D eigenvalue weighted by molar-refractivity contribution is 0.175. The minimum Gasteiger partial charge on any atom is -0.314 e. The maximum Gasteiger partial charge on any atom is 0.252 e. The summed E-state index contributed by atoms with van der Waals surface area (Å²) in [7, 11) is 0. The van der Waals surface area contributed by atoms with E-state index in [1.54, 1.807) is 4.68 Å². The van der Waals surface area contributed by atoms with Gasteiger partial charge < -0.3 is 4.57 Å². The molecule has 3 atom stereocenters. The summed E-state index contributed by atoms with van der Waals surface area (Å²) in [5, 5.41) is 13.6. The number of nitrogens with zero attached hydrogens (tertiary/aromatic N) is 7. The second kappa shape index (κ2) is 5.05. The zero-order valence-electron chi connectivity index (χ0n) is 12.5. The fourth-order valence-electron chi connectivity index (χ4n) is 4.10. The molecule has 3 aliphatic rings. The van der Waals surface area contributed by atoms with Crippen LogP contribution in [0, 0.1) is 5.92 Å². The number of hydrogen-bond donors (Lipinski definition) is 1. The van der Waals surface area contributed by atoms with Crippen LogP contribution in [-0.4, -0.2) is 36.7 Å². The average molecular weight is 377 g/mol. The lowest BCUT2D eigenvalue weighted by atomic mass is 9.80. The lowest BCUT2D eigenvalue weighted by Gasteiger charge is -2.45. The average Bonchev–Trinajstić information content (AvgIpc) is 3.32. The van der Waals surface area contributed by atoms with E-state index in [2.05, 4.69) is 51.2 Å². The van der Waals surface area contributed by atoms with Crippen LogP contribution in [0.4, 0.5) is 5.82 Å². The van der Waals surface area contributed by atoms with E-state index in [1.807, 2.05) is 18.7 Å². The molecule has 0 radical (unpaired) electrons. The van der Waals surface area contributed by atoms with Crippen LogP contribution in [0.25, 0.3) is 0 Å². The number of rotatable bonds is 1. The minimum atomic E-state index is 0.177. The maximum absolute atomic E-state index is 4.56. The standard InChI is InChI=1S/C14H17BrN8/c15-5-9-7-22(20-17-9)14-19-18-13-10-3-1-2-4-11(10)21-8-16-6-12(21)23(13)14/h6-8,10-11,13,18H,1-5H2. The molecule has 0 saturated heterocycles. The van der Waals surface area contributed by atoms with Crippen molar-refractivity contribution in [1.29, 1.82) is 0 Å². The van der Waals surface area contributed by atoms with Gasteiger partial charge in [-0.3, -0.25) is 10.3 Å². The molecule has 1 N–H and O–H groups in total. The molecule has 120 valence electrons. The Morgan fingerprint density at radius 2 is 2.22 bits per heavy atom. The van der Waals surface area contributed by atoms with Gasteiger partial charge in [0.05, 0.1) is 24.4 Å². The van der Waals surface area contributed by atoms with Gasteiger partial charge in [-0.05, 0) is 12.8 Å². The monoisotopic (exact) mass is 376 g/mol. The van der Waals surface area contributed by atoms with Gasteiger partial charge in [0.25, 0.3) is 5.96 Å². The number of aromatic nitrogens is 5. The zero-order chi connectivity index (χ0) is 15.4. The van der Waals surface area contributed by atoms with Crippen LogP contribution in [0.2, 0.25) is 0 Å². The van der Waals surface area contributed by atoms with Gasteiger partial charge in [0.1, 0.15) is 12.0 Å². The van der Waals surface area contributed by atoms with E-state index in [-0.39, 0.29) is 6.17 Å². The smallest absolute Gasteiger partial charge is 0.252 e. The summed E-state index contributed by atoms with van der Waals surface area (Å²) in [5.74, 6) is 2.38. The van der Waals surface area contributed by atoms with Crippen molar-refractivity contribution in [2.24, 2.45) is 11.0 Å². The van der Waals surface area contributed by atoms with E-state index in [1.165, 1.54) is 25.7 Å². The molecule has 9 heteroatoms. The van der Waals surface area contributed by atoms with Gasteiger partial charge in [0.2, 0.25) is 0 Å². The highest BCUT2D eigenvalue weighted by atomic mass is 79.9. The molecule has 0 aromatic carbocycles. The number of hydrazone groups is 1. The quantitative estimate of drug-likeness (QED) is 0.766. The molecule has 5 rings (SSSR count). The molecule has 1 aliphatic carbocycles. The van der Waals surface area contributed by atoms with Crippen molar-refractivity contribution in [2.75, 3.05) is 4.90 Å². The summed E-state index contributed by atoms with van der Waals surface area (Å²) in [6.07, 6.45) is 11.0. The summed E-state index contributed by atoms with van der Waals surface area (Å²) in [5.41, 5.74) is 4.22. The lowest BCUT2D eigenvalue weighted by Crippen LogP contribution is -2.54. The van der Waals surface area contributed by atoms with Gasteiger partial charge in [-0.25, -0.2) is 4.98 Å². The number of halogens is 1. The highest BCUT2D eigenvalue weighted by molar-refractivity contribution is 9.08. The topological polar surface area (TPSA) is 76.2 Å². The molecular formula is C14H17BrN8. The van der Waals surface area contributed by atoms with E-state index in [0.29, 0.717) is 17.3 Å². The van der Waals surface area contributed by atoms with Crippen molar-refractivity contribution in [3.05, 3.63) is 24.4 Å². The Hall–Kier alpha value is -1.90. The van der Waals surface area contributed by atoms with Crippen molar-refractivity contribution in [3.63, 3.8) is 0 Å². The van der Waals surface area contributed by atoms with Crippen molar-refractivity contribution in [3.8, 4) is 0 Å². The van der Waals surface area contributed by atoms with Gasteiger partial charge in [0, 0.05) is 17.3 Å².